The summed E-state index contributed by atoms with van der Waals surface area (Å²) in [5, 5.41) is 6.11. The Morgan fingerprint density at radius 3 is 1.28 bits per heavy atom. The lowest BCUT2D eigenvalue weighted by Gasteiger charge is -2.12. The number of amides is 2. The number of ether oxygens (including phenoxy) is 2. The number of hydrogen-bond acceptors (Lipinski definition) is 6. The van der Waals surface area contributed by atoms with Crippen LogP contribution in [0.2, 0.25) is 0 Å². The molecule has 0 bridgehead atoms. The highest BCUT2D eigenvalue weighted by Crippen LogP contribution is 2.40. The highest BCUT2D eigenvalue weighted by molar-refractivity contribution is 8.76. The first-order valence-electron chi connectivity index (χ1n) is 18.1. The van der Waals surface area contributed by atoms with Crippen molar-refractivity contribution >= 4 is 33.4 Å². The lowest BCUT2D eigenvalue weighted by Crippen LogP contribution is -2.23. The lowest BCUT2D eigenvalue weighted by molar-refractivity contribution is 0.0940. The van der Waals surface area contributed by atoms with Crippen LogP contribution < -0.4 is 20.1 Å². The van der Waals surface area contributed by atoms with Gasteiger partial charge in [0.2, 0.25) is 0 Å². The molecule has 0 aliphatic rings. The molecule has 0 spiro atoms. The highest BCUT2D eigenvalue weighted by atomic mass is 33.1. The fourth-order valence-electron chi connectivity index (χ4n) is 5.30. The topological polar surface area (TPSA) is 76.7 Å². The van der Waals surface area contributed by atoms with Crippen molar-refractivity contribution < 1.29 is 19.1 Å². The van der Waals surface area contributed by atoms with Crippen molar-refractivity contribution in [3.63, 3.8) is 0 Å². The summed E-state index contributed by atoms with van der Waals surface area (Å²) >= 11 is 0. The van der Waals surface area contributed by atoms with Gasteiger partial charge < -0.3 is 20.1 Å². The number of benzene rings is 4. The van der Waals surface area contributed by atoms with E-state index in [2.05, 4.69) is 24.5 Å². The first-order chi connectivity index (χ1) is 24.6. The normalized spacial score (nSPS) is 10.8. The van der Waals surface area contributed by atoms with Crippen LogP contribution in [-0.2, 0) is 13.1 Å². The molecule has 0 saturated heterocycles. The summed E-state index contributed by atoms with van der Waals surface area (Å²) in [6.45, 7) is 6.73. The maximum absolute atomic E-state index is 13.3. The zero-order chi connectivity index (χ0) is 35.2. The predicted molar refractivity (Wildman–Crippen MR) is 208 cm³/mol. The van der Waals surface area contributed by atoms with Gasteiger partial charge in [-0.15, -0.1) is 0 Å². The van der Waals surface area contributed by atoms with Crippen LogP contribution in [0.15, 0.2) is 107 Å². The Hall–Kier alpha value is -3.88. The first-order valence-corrected chi connectivity index (χ1v) is 20.2. The van der Waals surface area contributed by atoms with Crippen molar-refractivity contribution in [2.75, 3.05) is 13.2 Å². The summed E-state index contributed by atoms with van der Waals surface area (Å²) in [6.07, 6.45) is 12.1. The van der Waals surface area contributed by atoms with Crippen LogP contribution >= 0.6 is 21.6 Å². The maximum atomic E-state index is 13.3. The monoisotopic (exact) mass is 712 g/mol. The number of carbonyl (C=O) groups is 2. The molecule has 266 valence electrons. The second kappa shape index (κ2) is 22.8. The van der Waals surface area contributed by atoms with Crippen LogP contribution in [0, 0.1) is 0 Å². The second-order valence-electron chi connectivity index (χ2n) is 12.3. The van der Waals surface area contributed by atoms with Crippen LogP contribution in [0.4, 0.5) is 0 Å². The average Bonchev–Trinajstić information content (AvgIpc) is 3.16. The van der Waals surface area contributed by atoms with Gasteiger partial charge in [-0.1, -0.05) is 135 Å². The van der Waals surface area contributed by atoms with E-state index in [9.17, 15) is 9.59 Å². The van der Waals surface area contributed by atoms with E-state index in [-0.39, 0.29) is 11.8 Å². The van der Waals surface area contributed by atoms with E-state index < -0.39 is 0 Å². The Labute approximate surface area is 306 Å². The van der Waals surface area contributed by atoms with Gasteiger partial charge >= 0.3 is 0 Å². The summed E-state index contributed by atoms with van der Waals surface area (Å²) in [5.41, 5.74) is 3.20. The van der Waals surface area contributed by atoms with Crippen molar-refractivity contribution in [2.24, 2.45) is 0 Å². The van der Waals surface area contributed by atoms with Crippen molar-refractivity contribution in [3.05, 3.63) is 119 Å². The predicted octanol–water partition coefficient (Wildman–Crippen LogP) is 11.0. The zero-order valence-corrected chi connectivity index (χ0v) is 31.2. The Bertz CT molecular complexity index is 1460. The van der Waals surface area contributed by atoms with Crippen molar-refractivity contribution in [3.8, 4) is 11.5 Å². The smallest absolute Gasteiger partial charge is 0.252 e. The number of carbonyl (C=O) groups excluding carboxylic acids is 2. The number of nitrogens with one attached hydrogen (secondary N) is 2. The van der Waals surface area contributed by atoms with E-state index in [0.717, 1.165) is 58.5 Å². The minimum atomic E-state index is -0.143. The van der Waals surface area contributed by atoms with Crippen LogP contribution in [0.25, 0.3) is 0 Å². The van der Waals surface area contributed by atoms with Crippen molar-refractivity contribution in [1.29, 1.82) is 0 Å². The molecule has 0 aliphatic heterocycles. The molecule has 0 aliphatic carbocycles. The molecule has 2 N–H and O–H groups in total. The third-order valence-corrected chi connectivity index (χ3v) is 10.8. The largest absolute Gasteiger partial charge is 0.494 e. The first kappa shape index (κ1) is 38.9. The van der Waals surface area contributed by atoms with Crippen LogP contribution in [0.3, 0.4) is 0 Å². The molecule has 4 aromatic carbocycles. The molecule has 4 aromatic rings. The molecule has 0 heterocycles. The standard InChI is InChI=1S/C42H52N2O4S2/c1-3-5-7-9-15-29-47-35-25-21-33(22-26-35)31-43-41(45)37-17-11-13-19-39(37)49-50-40-20-14-12-18-38(40)42(46)44-32-34-23-27-36(28-24-34)48-30-16-10-8-6-4-2/h11-14,17-28H,3-10,15-16,29-32H2,1-2H3,(H,43,45)(H,44,46). The molecule has 0 fully saturated rings. The number of hydrogen-bond donors (Lipinski definition) is 2. The molecule has 0 radical (unpaired) electrons. The van der Waals surface area contributed by atoms with E-state index >= 15 is 0 Å². The number of rotatable bonds is 23. The van der Waals surface area contributed by atoms with Gasteiger partial charge in [-0.05, 0) is 72.5 Å². The minimum Gasteiger partial charge on any atom is -0.494 e. The van der Waals surface area contributed by atoms with Crippen LogP contribution in [0.5, 0.6) is 11.5 Å². The number of unbranched alkanes of at least 4 members (excludes halogenated alkanes) is 8. The molecule has 2 amide bonds. The average molecular weight is 713 g/mol. The molecule has 0 atom stereocenters. The maximum Gasteiger partial charge on any atom is 0.252 e. The fraction of sp³-hybridized carbons (Fsp3) is 0.381. The molecule has 0 saturated carbocycles. The summed E-state index contributed by atoms with van der Waals surface area (Å²) in [7, 11) is 2.94. The van der Waals surface area contributed by atoms with Gasteiger partial charge in [0, 0.05) is 22.9 Å². The lowest BCUT2D eigenvalue weighted by atomic mass is 10.1. The van der Waals surface area contributed by atoms with Gasteiger partial charge in [0.25, 0.3) is 11.8 Å². The van der Waals surface area contributed by atoms with Gasteiger partial charge in [-0.25, -0.2) is 0 Å². The fourth-order valence-corrected chi connectivity index (χ4v) is 7.66. The molecule has 0 unspecified atom stereocenters. The SMILES string of the molecule is CCCCCCCOc1ccc(CNC(=O)c2ccccc2SSc2ccccc2C(=O)NCc2ccc(OCCCCCCC)cc2)cc1. The summed E-state index contributed by atoms with van der Waals surface area (Å²) in [6, 6.07) is 30.9. The summed E-state index contributed by atoms with van der Waals surface area (Å²) < 4.78 is 11.8. The Morgan fingerprint density at radius 1 is 0.500 bits per heavy atom. The molecule has 6 nitrogen and oxygen atoms in total. The third-order valence-electron chi connectivity index (χ3n) is 8.27. The Morgan fingerprint density at radius 2 is 0.880 bits per heavy atom. The van der Waals surface area contributed by atoms with Gasteiger partial charge in [-0.3, -0.25) is 9.59 Å². The quantitative estimate of drug-likeness (QED) is 0.0589. The second-order valence-corrected chi connectivity index (χ2v) is 14.6. The van der Waals surface area contributed by atoms with E-state index in [4.69, 9.17) is 9.47 Å². The van der Waals surface area contributed by atoms with Gasteiger partial charge in [-0.2, -0.15) is 0 Å². The molecular weight excluding hydrogens is 661 g/mol. The van der Waals surface area contributed by atoms with Crippen molar-refractivity contribution in [2.45, 2.75) is 101 Å². The van der Waals surface area contributed by atoms with E-state index in [0.29, 0.717) is 24.2 Å². The Balaban J connectivity index is 1.24. The molecule has 0 aromatic heterocycles. The highest BCUT2D eigenvalue weighted by Gasteiger charge is 2.15. The van der Waals surface area contributed by atoms with Crippen molar-refractivity contribution in [1.82, 2.24) is 10.6 Å². The zero-order valence-electron chi connectivity index (χ0n) is 29.6. The third kappa shape index (κ3) is 13.8. The van der Waals surface area contributed by atoms with Crippen LogP contribution in [0.1, 0.15) is 110 Å². The molecular formula is C42H52N2O4S2. The van der Waals surface area contributed by atoms with E-state index in [1.54, 1.807) is 0 Å². The molecule has 4 rings (SSSR count). The van der Waals surface area contributed by atoms with Gasteiger partial charge in [0.05, 0.1) is 24.3 Å². The van der Waals surface area contributed by atoms with E-state index in [1.807, 2.05) is 97.1 Å². The van der Waals surface area contributed by atoms with E-state index in [1.165, 1.54) is 73.0 Å². The minimum absolute atomic E-state index is 0.143. The van der Waals surface area contributed by atoms with Gasteiger partial charge in [0.1, 0.15) is 11.5 Å². The Kier molecular flexibility index (Phi) is 17.7. The summed E-state index contributed by atoms with van der Waals surface area (Å²) in [5.74, 6) is 1.42. The van der Waals surface area contributed by atoms with Gasteiger partial charge in [0.15, 0.2) is 0 Å². The molecule has 8 heteroatoms. The van der Waals surface area contributed by atoms with Crippen LogP contribution in [-0.4, -0.2) is 25.0 Å². The molecule has 50 heavy (non-hydrogen) atoms. The summed E-state index contributed by atoms with van der Waals surface area (Å²) in [4.78, 5) is 28.2.